The van der Waals surface area contributed by atoms with Crippen molar-refractivity contribution in [2.24, 2.45) is 0 Å². The molecule has 3 nitrogen and oxygen atoms in total. The van der Waals surface area contributed by atoms with Crippen molar-refractivity contribution in [3.8, 4) is 0 Å². The Bertz CT molecular complexity index is 313. The number of hydrogen-bond acceptors (Lipinski definition) is 4. The summed E-state index contributed by atoms with van der Waals surface area (Å²) in [5.41, 5.74) is 0.919. The SMILES string of the molecule is CC(=O)CC(C)Sc1nc(C)c(C)o1. The molecule has 0 fully saturated rings. The standard InChI is InChI=1S/C10H15NO2S/c1-6(12)5-7(2)14-10-11-8(3)9(4)13-10/h7H,5H2,1-4H3. The van der Waals surface area contributed by atoms with Gasteiger partial charge in [-0.15, -0.1) is 0 Å². The molecule has 1 atom stereocenters. The number of thioether (sulfide) groups is 1. The van der Waals surface area contributed by atoms with Gasteiger partial charge in [-0.2, -0.15) is 0 Å². The molecule has 1 heterocycles. The van der Waals surface area contributed by atoms with Crippen LogP contribution in [0.1, 0.15) is 31.7 Å². The number of carbonyl (C=O) groups excluding carboxylic acids is 1. The lowest BCUT2D eigenvalue weighted by Crippen LogP contribution is -2.02. The lowest BCUT2D eigenvalue weighted by Gasteiger charge is -2.04. The maximum atomic E-state index is 10.9. The van der Waals surface area contributed by atoms with Gasteiger partial charge in [0.25, 0.3) is 5.22 Å². The Morgan fingerprint density at radius 2 is 2.21 bits per heavy atom. The van der Waals surface area contributed by atoms with Crippen molar-refractivity contribution in [3.05, 3.63) is 11.5 Å². The number of Topliss-reactive ketones (excluding diaryl/α,β-unsaturated/α-hetero) is 1. The molecular weight excluding hydrogens is 198 g/mol. The Morgan fingerprint density at radius 3 is 2.64 bits per heavy atom. The molecule has 0 aliphatic rings. The second-order valence-electron chi connectivity index (χ2n) is 3.46. The van der Waals surface area contributed by atoms with Crippen LogP contribution in [0.4, 0.5) is 0 Å². The van der Waals surface area contributed by atoms with Crippen LogP contribution in [0.5, 0.6) is 0 Å². The number of hydrogen-bond donors (Lipinski definition) is 0. The van der Waals surface area contributed by atoms with E-state index in [1.165, 1.54) is 11.8 Å². The molecule has 0 aliphatic heterocycles. The minimum Gasteiger partial charge on any atom is -0.437 e. The summed E-state index contributed by atoms with van der Waals surface area (Å²) in [5.74, 6) is 1.05. The zero-order valence-corrected chi connectivity index (χ0v) is 9.77. The first-order valence-corrected chi connectivity index (χ1v) is 5.47. The van der Waals surface area contributed by atoms with Crippen LogP contribution in [0.25, 0.3) is 0 Å². The van der Waals surface area contributed by atoms with Crippen molar-refractivity contribution in [3.63, 3.8) is 0 Å². The molecule has 0 saturated carbocycles. The van der Waals surface area contributed by atoms with E-state index >= 15 is 0 Å². The number of oxazole rings is 1. The van der Waals surface area contributed by atoms with Gasteiger partial charge >= 0.3 is 0 Å². The van der Waals surface area contributed by atoms with Crippen LogP contribution in [0.15, 0.2) is 9.64 Å². The van der Waals surface area contributed by atoms with Crippen molar-refractivity contribution < 1.29 is 9.21 Å². The van der Waals surface area contributed by atoms with E-state index in [1.54, 1.807) is 6.92 Å². The Balaban J connectivity index is 2.56. The number of rotatable bonds is 4. The van der Waals surface area contributed by atoms with Gasteiger partial charge in [-0.25, -0.2) is 4.98 Å². The van der Waals surface area contributed by atoms with E-state index < -0.39 is 0 Å². The number of carbonyl (C=O) groups is 1. The second kappa shape index (κ2) is 4.64. The lowest BCUT2D eigenvalue weighted by atomic mass is 10.2. The summed E-state index contributed by atoms with van der Waals surface area (Å²) in [5, 5.41) is 0.888. The molecule has 1 unspecified atom stereocenters. The number of aryl methyl sites for hydroxylation is 2. The largest absolute Gasteiger partial charge is 0.437 e. The minimum absolute atomic E-state index is 0.199. The van der Waals surface area contributed by atoms with Gasteiger partial charge in [-0.05, 0) is 20.8 Å². The molecule has 4 heteroatoms. The lowest BCUT2D eigenvalue weighted by molar-refractivity contribution is -0.116. The van der Waals surface area contributed by atoms with Crippen LogP contribution < -0.4 is 0 Å². The van der Waals surface area contributed by atoms with Crippen molar-refractivity contribution >= 4 is 17.5 Å². The first-order chi connectivity index (χ1) is 6.49. The minimum atomic E-state index is 0.199. The van der Waals surface area contributed by atoms with E-state index in [4.69, 9.17) is 4.42 Å². The maximum absolute atomic E-state index is 10.9. The Kier molecular flexibility index (Phi) is 3.75. The van der Waals surface area contributed by atoms with Crippen LogP contribution in [-0.4, -0.2) is 16.0 Å². The van der Waals surface area contributed by atoms with Crippen LogP contribution in [-0.2, 0) is 4.79 Å². The quantitative estimate of drug-likeness (QED) is 0.721. The van der Waals surface area contributed by atoms with Crippen LogP contribution in [0, 0.1) is 13.8 Å². The molecular formula is C10H15NO2S. The average Bonchev–Trinajstić information content (AvgIpc) is 2.28. The van der Waals surface area contributed by atoms with Gasteiger partial charge in [-0.1, -0.05) is 18.7 Å². The summed E-state index contributed by atoms with van der Waals surface area (Å²) in [6.07, 6.45) is 0.561. The molecule has 0 amide bonds. The summed E-state index contributed by atoms with van der Waals surface area (Å²) >= 11 is 1.51. The van der Waals surface area contributed by atoms with Gasteiger partial charge in [0.2, 0.25) is 0 Å². The predicted octanol–water partition coefficient (Wildman–Crippen LogP) is 2.75. The maximum Gasteiger partial charge on any atom is 0.256 e. The second-order valence-corrected chi connectivity index (χ2v) is 4.85. The topological polar surface area (TPSA) is 43.1 Å². The molecule has 0 bridgehead atoms. The molecule has 0 spiro atoms. The number of ketones is 1. The molecule has 1 aromatic rings. The van der Waals surface area contributed by atoms with Gasteiger partial charge in [0.1, 0.15) is 11.5 Å². The molecule has 0 N–H and O–H groups in total. The van der Waals surface area contributed by atoms with Crippen LogP contribution >= 0.6 is 11.8 Å². The smallest absolute Gasteiger partial charge is 0.256 e. The normalized spacial score (nSPS) is 12.9. The zero-order chi connectivity index (χ0) is 10.7. The fourth-order valence-corrected chi connectivity index (χ4v) is 2.14. The van der Waals surface area contributed by atoms with Crippen LogP contribution in [0.3, 0.4) is 0 Å². The summed E-state index contributed by atoms with van der Waals surface area (Å²) < 4.78 is 5.41. The summed E-state index contributed by atoms with van der Waals surface area (Å²) in [4.78, 5) is 15.1. The molecule has 0 aromatic carbocycles. The molecule has 0 radical (unpaired) electrons. The highest BCUT2D eigenvalue weighted by atomic mass is 32.2. The molecule has 1 rings (SSSR count). The highest BCUT2D eigenvalue weighted by Gasteiger charge is 2.12. The highest BCUT2D eigenvalue weighted by molar-refractivity contribution is 7.99. The fourth-order valence-electron chi connectivity index (χ4n) is 1.11. The number of aromatic nitrogens is 1. The van der Waals surface area contributed by atoms with E-state index in [0.29, 0.717) is 11.6 Å². The Morgan fingerprint density at radius 1 is 1.57 bits per heavy atom. The molecule has 78 valence electrons. The van der Waals surface area contributed by atoms with Crippen molar-refractivity contribution in [1.29, 1.82) is 0 Å². The third-order valence-corrected chi connectivity index (χ3v) is 2.83. The van der Waals surface area contributed by atoms with E-state index in [9.17, 15) is 4.79 Å². The van der Waals surface area contributed by atoms with E-state index in [0.717, 1.165) is 11.5 Å². The fraction of sp³-hybridized carbons (Fsp3) is 0.600. The average molecular weight is 213 g/mol. The predicted molar refractivity (Wildman–Crippen MR) is 56.6 cm³/mol. The van der Waals surface area contributed by atoms with E-state index in [2.05, 4.69) is 4.98 Å². The van der Waals surface area contributed by atoms with Crippen molar-refractivity contribution in [1.82, 2.24) is 4.98 Å². The first kappa shape index (κ1) is 11.3. The highest BCUT2D eigenvalue weighted by Crippen LogP contribution is 2.26. The van der Waals surface area contributed by atoms with Gasteiger partial charge in [0, 0.05) is 11.7 Å². The summed E-state index contributed by atoms with van der Waals surface area (Å²) in [6.45, 7) is 7.41. The molecule has 0 aliphatic carbocycles. The molecule has 14 heavy (non-hydrogen) atoms. The third kappa shape index (κ3) is 3.18. The van der Waals surface area contributed by atoms with Gasteiger partial charge in [-0.3, -0.25) is 4.79 Å². The van der Waals surface area contributed by atoms with Gasteiger partial charge in [0.05, 0.1) is 5.69 Å². The van der Waals surface area contributed by atoms with Gasteiger partial charge < -0.3 is 4.42 Å². The van der Waals surface area contributed by atoms with Crippen molar-refractivity contribution in [2.75, 3.05) is 0 Å². The monoisotopic (exact) mass is 213 g/mol. The zero-order valence-electron chi connectivity index (χ0n) is 8.96. The molecule has 0 saturated heterocycles. The molecule has 1 aromatic heterocycles. The van der Waals surface area contributed by atoms with Crippen molar-refractivity contribution in [2.45, 2.75) is 44.6 Å². The van der Waals surface area contributed by atoms with Crippen LogP contribution in [0.2, 0.25) is 0 Å². The Labute approximate surface area is 88.3 Å². The third-order valence-electron chi connectivity index (χ3n) is 1.89. The summed E-state index contributed by atoms with van der Waals surface area (Å²) in [6, 6.07) is 0. The summed E-state index contributed by atoms with van der Waals surface area (Å²) in [7, 11) is 0. The van der Waals surface area contributed by atoms with E-state index in [-0.39, 0.29) is 11.0 Å². The van der Waals surface area contributed by atoms with Gasteiger partial charge in [0.15, 0.2) is 0 Å². The number of nitrogens with zero attached hydrogens (tertiary/aromatic N) is 1. The van der Waals surface area contributed by atoms with E-state index in [1.807, 2.05) is 20.8 Å². The first-order valence-electron chi connectivity index (χ1n) is 4.59. The Hall–Kier alpha value is -0.770.